The van der Waals surface area contributed by atoms with Gasteiger partial charge in [-0.2, -0.15) is 9.29 Å². The maximum Gasteiger partial charge on any atom is 0.243 e. The van der Waals surface area contributed by atoms with Gasteiger partial charge in [0.25, 0.3) is 0 Å². The van der Waals surface area contributed by atoms with Gasteiger partial charge in [0.05, 0.1) is 11.5 Å². The standard InChI is InChI=1S/C24H29N5O5S/c1-3-33-20-8-4-18(5-9-20)24-26-23(34-27-24)13-12-22(30)25-19-6-10-21(11-7-19)35(31,32)29-16-14-28(2)15-17-29/h4-11H,3,12-17H2,1-2H3,(H,25,30). The van der Waals surface area contributed by atoms with E-state index in [4.69, 9.17) is 9.26 Å². The number of piperazine rings is 1. The van der Waals surface area contributed by atoms with Crippen LogP contribution >= 0.6 is 0 Å². The molecule has 0 bridgehead atoms. The number of nitrogens with one attached hydrogen (secondary N) is 1. The van der Waals surface area contributed by atoms with Crippen molar-refractivity contribution in [3.8, 4) is 17.1 Å². The third kappa shape index (κ3) is 6.24. The fraction of sp³-hybridized carbons (Fsp3) is 0.375. The molecule has 3 aromatic rings. The SMILES string of the molecule is CCOc1ccc(-c2noc(CCC(=O)Nc3ccc(S(=O)(=O)N4CCN(C)CC4)cc3)n2)cc1. The molecule has 2 heterocycles. The third-order valence-electron chi connectivity index (χ3n) is 5.70. The molecule has 1 aromatic heterocycles. The minimum atomic E-state index is -3.54. The summed E-state index contributed by atoms with van der Waals surface area (Å²) in [7, 11) is -1.57. The summed E-state index contributed by atoms with van der Waals surface area (Å²) in [5, 5.41) is 6.75. The maximum atomic E-state index is 12.8. The second-order valence-electron chi connectivity index (χ2n) is 8.25. The average Bonchev–Trinajstić information content (AvgIpc) is 3.33. The zero-order valence-corrected chi connectivity index (χ0v) is 20.6. The van der Waals surface area contributed by atoms with Crippen LogP contribution in [0.3, 0.4) is 0 Å². The Morgan fingerprint density at radius 3 is 2.40 bits per heavy atom. The summed E-state index contributed by atoms with van der Waals surface area (Å²) in [6.45, 7) is 4.85. The number of aryl methyl sites for hydroxylation is 1. The average molecular weight is 500 g/mol. The Morgan fingerprint density at radius 2 is 1.74 bits per heavy atom. The fourth-order valence-corrected chi connectivity index (χ4v) is 5.09. The molecule has 1 fully saturated rings. The highest BCUT2D eigenvalue weighted by atomic mass is 32.2. The molecule has 2 aromatic carbocycles. The number of likely N-dealkylation sites (N-methyl/N-ethyl adjacent to an activating group) is 1. The van der Waals surface area contributed by atoms with Gasteiger partial charge in [-0.05, 0) is 62.5 Å². The zero-order valence-electron chi connectivity index (χ0n) is 19.8. The first-order valence-corrected chi connectivity index (χ1v) is 12.9. The fourth-order valence-electron chi connectivity index (χ4n) is 3.67. The number of aromatic nitrogens is 2. The summed E-state index contributed by atoms with van der Waals surface area (Å²) in [4.78, 5) is 19.0. The van der Waals surface area contributed by atoms with E-state index >= 15 is 0 Å². The highest BCUT2D eigenvalue weighted by molar-refractivity contribution is 7.89. The third-order valence-corrected chi connectivity index (χ3v) is 7.61. The number of hydrogen-bond acceptors (Lipinski definition) is 8. The number of anilines is 1. The number of benzene rings is 2. The quantitative estimate of drug-likeness (QED) is 0.477. The van der Waals surface area contributed by atoms with Crippen LogP contribution in [-0.2, 0) is 21.2 Å². The first kappa shape index (κ1) is 24.8. The van der Waals surface area contributed by atoms with Crippen LogP contribution in [-0.4, -0.2) is 73.5 Å². The lowest BCUT2D eigenvalue weighted by atomic mass is 10.2. The molecular formula is C24H29N5O5S. The lowest BCUT2D eigenvalue weighted by Gasteiger charge is -2.31. The highest BCUT2D eigenvalue weighted by Crippen LogP contribution is 2.21. The van der Waals surface area contributed by atoms with E-state index in [2.05, 4.69) is 20.4 Å². The van der Waals surface area contributed by atoms with E-state index in [9.17, 15) is 13.2 Å². The van der Waals surface area contributed by atoms with Crippen molar-refractivity contribution in [3.05, 3.63) is 54.4 Å². The van der Waals surface area contributed by atoms with Crippen LogP contribution in [0.25, 0.3) is 11.4 Å². The Bertz CT molecular complexity index is 1230. The van der Waals surface area contributed by atoms with Crippen molar-refractivity contribution in [2.45, 2.75) is 24.7 Å². The van der Waals surface area contributed by atoms with Crippen molar-refractivity contribution >= 4 is 21.6 Å². The Kier molecular flexibility index (Phi) is 7.79. The predicted molar refractivity (Wildman–Crippen MR) is 131 cm³/mol. The summed E-state index contributed by atoms with van der Waals surface area (Å²) in [5.74, 6) is 1.33. The first-order chi connectivity index (χ1) is 16.8. The van der Waals surface area contributed by atoms with Crippen molar-refractivity contribution in [1.82, 2.24) is 19.3 Å². The molecular weight excluding hydrogens is 470 g/mol. The number of hydrogen-bond donors (Lipinski definition) is 1. The van der Waals surface area contributed by atoms with E-state index < -0.39 is 10.0 Å². The van der Waals surface area contributed by atoms with E-state index in [1.54, 1.807) is 12.1 Å². The molecule has 1 N–H and O–H groups in total. The smallest absolute Gasteiger partial charge is 0.243 e. The minimum absolute atomic E-state index is 0.145. The van der Waals surface area contributed by atoms with Crippen LogP contribution in [0.15, 0.2) is 57.9 Å². The Balaban J connectivity index is 1.29. The van der Waals surface area contributed by atoms with Gasteiger partial charge < -0.3 is 19.5 Å². The van der Waals surface area contributed by atoms with Crippen molar-refractivity contribution < 1.29 is 22.5 Å². The van der Waals surface area contributed by atoms with Gasteiger partial charge in [0, 0.05) is 50.3 Å². The van der Waals surface area contributed by atoms with E-state index in [0.29, 0.717) is 50.2 Å². The second kappa shape index (κ2) is 11.0. The van der Waals surface area contributed by atoms with E-state index in [0.717, 1.165) is 11.3 Å². The predicted octanol–water partition coefficient (Wildman–Crippen LogP) is 2.64. The molecule has 1 amide bonds. The molecule has 0 saturated carbocycles. The molecule has 0 unspecified atom stereocenters. The molecule has 4 rings (SSSR count). The van der Waals surface area contributed by atoms with E-state index in [1.165, 1.54) is 16.4 Å². The van der Waals surface area contributed by atoms with Crippen LogP contribution < -0.4 is 10.1 Å². The van der Waals surface area contributed by atoms with Crippen LogP contribution in [0.5, 0.6) is 5.75 Å². The number of rotatable bonds is 9. The molecule has 1 aliphatic heterocycles. The Morgan fingerprint density at radius 1 is 1.06 bits per heavy atom. The Hall–Kier alpha value is -3.28. The molecule has 1 saturated heterocycles. The Labute approximate surface area is 204 Å². The van der Waals surface area contributed by atoms with Gasteiger partial charge in [0.15, 0.2) is 0 Å². The van der Waals surface area contributed by atoms with Crippen molar-refractivity contribution in [1.29, 1.82) is 0 Å². The summed E-state index contributed by atoms with van der Waals surface area (Å²) in [6.07, 6.45) is 0.429. The summed E-state index contributed by atoms with van der Waals surface area (Å²) < 4.78 is 37.8. The lowest BCUT2D eigenvalue weighted by Crippen LogP contribution is -2.46. The van der Waals surface area contributed by atoms with Crippen LogP contribution in [0, 0.1) is 0 Å². The topological polar surface area (TPSA) is 118 Å². The minimum Gasteiger partial charge on any atom is -0.494 e. The van der Waals surface area contributed by atoms with Crippen molar-refractivity contribution in [3.63, 3.8) is 0 Å². The van der Waals surface area contributed by atoms with Crippen LogP contribution in [0.2, 0.25) is 0 Å². The molecule has 0 atom stereocenters. The number of sulfonamides is 1. The number of amides is 1. The van der Waals surface area contributed by atoms with E-state index in [1.807, 2.05) is 38.2 Å². The van der Waals surface area contributed by atoms with Gasteiger partial charge in [0.1, 0.15) is 5.75 Å². The van der Waals surface area contributed by atoms with Gasteiger partial charge in [-0.15, -0.1) is 0 Å². The molecule has 10 nitrogen and oxygen atoms in total. The molecule has 0 spiro atoms. The van der Waals surface area contributed by atoms with Crippen molar-refractivity contribution in [2.75, 3.05) is 45.2 Å². The lowest BCUT2D eigenvalue weighted by molar-refractivity contribution is -0.116. The molecule has 1 aliphatic rings. The van der Waals surface area contributed by atoms with Crippen LogP contribution in [0.4, 0.5) is 5.69 Å². The number of carbonyl (C=O) groups excluding carboxylic acids is 1. The van der Waals surface area contributed by atoms with Crippen LogP contribution in [0.1, 0.15) is 19.2 Å². The normalized spacial score (nSPS) is 15.1. The molecule has 35 heavy (non-hydrogen) atoms. The molecule has 186 valence electrons. The van der Waals surface area contributed by atoms with Gasteiger partial charge in [-0.25, -0.2) is 8.42 Å². The van der Waals surface area contributed by atoms with Gasteiger partial charge in [-0.1, -0.05) is 5.16 Å². The number of ether oxygens (including phenoxy) is 1. The number of carbonyl (C=O) groups is 1. The summed E-state index contributed by atoms with van der Waals surface area (Å²) >= 11 is 0. The maximum absolute atomic E-state index is 12.8. The monoisotopic (exact) mass is 499 g/mol. The van der Waals surface area contributed by atoms with Crippen molar-refractivity contribution in [2.24, 2.45) is 0 Å². The summed E-state index contributed by atoms with van der Waals surface area (Å²) in [6, 6.07) is 13.6. The highest BCUT2D eigenvalue weighted by Gasteiger charge is 2.27. The first-order valence-electron chi connectivity index (χ1n) is 11.5. The van der Waals surface area contributed by atoms with Gasteiger partial charge in [0.2, 0.25) is 27.6 Å². The van der Waals surface area contributed by atoms with E-state index in [-0.39, 0.29) is 23.6 Å². The second-order valence-corrected chi connectivity index (χ2v) is 10.2. The van der Waals surface area contributed by atoms with Gasteiger partial charge >= 0.3 is 0 Å². The molecule has 11 heteroatoms. The summed E-state index contributed by atoms with van der Waals surface area (Å²) in [5.41, 5.74) is 1.31. The zero-order chi connectivity index (χ0) is 24.8. The molecule has 0 aliphatic carbocycles. The van der Waals surface area contributed by atoms with Gasteiger partial charge in [-0.3, -0.25) is 4.79 Å². The largest absolute Gasteiger partial charge is 0.494 e. The number of nitrogens with zero attached hydrogens (tertiary/aromatic N) is 4. The molecule has 0 radical (unpaired) electrons.